The van der Waals surface area contributed by atoms with Gasteiger partial charge in [0, 0.05) is 32.1 Å². The summed E-state index contributed by atoms with van der Waals surface area (Å²) >= 11 is 0. The van der Waals surface area contributed by atoms with Crippen LogP contribution >= 0.6 is 0 Å². The van der Waals surface area contributed by atoms with Gasteiger partial charge in [0.05, 0.1) is 19.4 Å². The highest BCUT2D eigenvalue weighted by atomic mass is 16.5. The Balaban J connectivity index is 2.03. The minimum atomic E-state index is 0.539. The molecule has 0 bridgehead atoms. The van der Waals surface area contributed by atoms with Gasteiger partial charge in [0.25, 0.3) is 0 Å². The molecular weight excluding hydrogens is 216 g/mol. The number of nitrogens with one attached hydrogen (secondary N) is 1. The molecule has 1 atom stereocenters. The summed E-state index contributed by atoms with van der Waals surface area (Å²) in [5.74, 6) is 1.74. The largest absolute Gasteiger partial charge is 0.493 e. The first-order chi connectivity index (χ1) is 8.40. The van der Waals surface area contributed by atoms with E-state index in [-0.39, 0.29) is 0 Å². The Morgan fingerprint density at radius 1 is 1.47 bits per heavy atom. The maximum atomic E-state index is 5.87. The normalized spacial score (nSPS) is 23.1. The highest BCUT2D eigenvalue weighted by molar-refractivity contribution is 5.66. The van der Waals surface area contributed by atoms with E-state index in [0.717, 1.165) is 44.2 Å². The Labute approximate surface area is 102 Å². The maximum absolute atomic E-state index is 5.87. The standard InChI is InChI=1S/C13H18N2O2/c1-16-12-4-2-3-11-13(12)17-8-5-10-9-14-6-7-15(10)11/h2-4,10,14H,5-9H2,1H3/t10-/m0/s1. The molecule has 0 aromatic heterocycles. The van der Waals surface area contributed by atoms with Gasteiger partial charge < -0.3 is 19.7 Å². The maximum Gasteiger partial charge on any atom is 0.184 e. The molecule has 1 N–H and O–H groups in total. The van der Waals surface area contributed by atoms with Gasteiger partial charge in [-0.2, -0.15) is 0 Å². The van der Waals surface area contributed by atoms with Crippen LogP contribution in [-0.4, -0.2) is 39.4 Å². The van der Waals surface area contributed by atoms with Gasteiger partial charge in [0.15, 0.2) is 11.5 Å². The molecule has 3 rings (SSSR count). The van der Waals surface area contributed by atoms with Gasteiger partial charge in [-0.25, -0.2) is 0 Å². The van der Waals surface area contributed by atoms with Crippen molar-refractivity contribution in [2.24, 2.45) is 0 Å². The number of hydrogen-bond donors (Lipinski definition) is 1. The second-order valence-corrected chi connectivity index (χ2v) is 4.50. The lowest BCUT2D eigenvalue weighted by atomic mass is 10.1. The summed E-state index contributed by atoms with van der Waals surface area (Å²) in [6, 6.07) is 6.66. The Bertz CT molecular complexity index is 408. The van der Waals surface area contributed by atoms with Crippen molar-refractivity contribution in [2.75, 3.05) is 38.3 Å². The molecule has 4 heteroatoms. The number of methoxy groups -OCH3 is 1. The predicted octanol–water partition coefficient (Wildman–Crippen LogP) is 1.26. The lowest BCUT2D eigenvalue weighted by molar-refractivity contribution is 0.287. The molecule has 1 saturated heterocycles. The highest BCUT2D eigenvalue weighted by Gasteiger charge is 2.28. The fourth-order valence-electron chi connectivity index (χ4n) is 2.67. The molecule has 17 heavy (non-hydrogen) atoms. The zero-order chi connectivity index (χ0) is 11.7. The van der Waals surface area contributed by atoms with E-state index < -0.39 is 0 Å². The van der Waals surface area contributed by atoms with Gasteiger partial charge in [-0.3, -0.25) is 0 Å². The van der Waals surface area contributed by atoms with E-state index >= 15 is 0 Å². The fourth-order valence-corrected chi connectivity index (χ4v) is 2.67. The first kappa shape index (κ1) is 10.7. The molecule has 0 radical (unpaired) electrons. The smallest absolute Gasteiger partial charge is 0.184 e. The molecular formula is C13H18N2O2. The van der Waals surface area contributed by atoms with E-state index in [4.69, 9.17) is 9.47 Å². The van der Waals surface area contributed by atoms with Crippen LogP contribution in [0.3, 0.4) is 0 Å². The Morgan fingerprint density at radius 2 is 2.41 bits per heavy atom. The van der Waals surface area contributed by atoms with E-state index in [1.54, 1.807) is 7.11 Å². The number of anilines is 1. The molecule has 1 aromatic carbocycles. The summed E-state index contributed by atoms with van der Waals surface area (Å²) in [6.45, 7) is 3.87. The lowest BCUT2D eigenvalue weighted by Gasteiger charge is -2.36. The second kappa shape index (κ2) is 4.45. The summed E-state index contributed by atoms with van der Waals surface area (Å²) < 4.78 is 11.2. The molecule has 0 unspecified atom stereocenters. The minimum Gasteiger partial charge on any atom is -0.493 e. The summed E-state index contributed by atoms with van der Waals surface area (Å²) in [5.41, 5.74) is 1.17. The third-order valence-corrected chi connectivity index (χ3v) is 3.54. The van der Waals surface area contributed by atoms with Gasteiger partial charge in [0.2, 0.25) is 0 Å². The highest BCUT2D eigenvalue weighted by Crippen LogP contribution is 2.40. The van der Waals surface area contributed by atoms with Gasteiger partial charge in [-0.1, -0.05) is 6.07 Å². The Kier molecular flexibility index (Phi) is 2.81. The van der Waals surface area contributed by atoms with Crippen molar-refractivity contribution >= 4 is 5.69 Å². The van der Waals surface area contributed by atoms with Crippen LogP contribution in [0.1, 0.15) is 6.42 Å². The monoisotopic (exact) mass is 234 g/mol. The number of para-hydroxylation sites is 1. The van der Waals surface area contributed by atoms with Crippen molar-refractivity contribution in [3.05, 3.63) is 18.2 Å². The summed E-state index contributed by atoms with van der Waals surface area (Å²) in [7, 11) is 1.69. The van der Waals surface area contributed by atoms with E-state index in [1.807, 2.05) is 12.1 Å². The average molecular weight is 234 g/mol. The van der Waals surface area contributed by atoms with E-state index in [9.17, 15) is 0 Å². The minimum absolute atomic E-state index is 0.539. The fraction of sp³-hybridized carbons (Fsp3) is 0.538. The van der Waals surface area contributed by atoms with Crippen LogP contribution in [0.15, 0.2) is 18.2 Å². The van der Waals surface area contributed by atoms with Gasteiger partial charge in [0.1, 0.15) is 0 Å². The molecule has 2 aliphatic rings. The van der Waals surface area contributed by atoms with Crippen LogP contribution in [0.25, 0.3) is 0 Å². The lowest BCUT2D eigenvalue weighted by Crippen LogP contribution is -2.51. The van der Waals surface area contributed by atoms with Crippen LogP contribution in [0.2, 0.25) is 0 Å². The van der Waals surface area contributed by atoms with E-state index in [0.29, 0.717) is 6.04 Å². The zero-order valence-corrected chi connectivity index (χ0v) is 10.1. The van der Waals surface area contributed by atoms with Gasteiger partial charge in [-0.05, 0) is 12.1 Å². The van der Waals surface area contributed by atoms with Crippen LogP contribution in [0.4, 0.5) is 5.69 Å². The van der Waals surface area contributed by atoms with Crippen molar-refractivity contribution in [1.29, 1.82) is 0 Å². The molecule has 4 nitrogen and oxygen atoms in total. The molecule has 0 aliphatic carbocycles. The number of piperazine rings is 1. The summed E-state index contributed by atoms with van der Waals surface area (Å²) in [6.07, 6.45) is 1.06. The third kappa shape index (κ3) is 1.82. The third-order valence-electron chi connectivity index (χ3n) is 3.54. The van der Waals surface area contributed by atoms with Gasteiger partial charge in [-0.15, -0.1) is 0 Å². The number of hydrogen-bond acceptors (Lipinski definition) is 4. The molecule has 1 fully saturated rings. The number of ether oxygens (including phenoxy) is 2. The van der Waals surface area contributed by atoms with Crippen molar-refractivity contribution in [1.82, 2.24) is 5.32 Å². The first-order valence-corrected chi connectivity index (χ1v) is 6.17. The molecule has 0 spiro atoms. The van der Waals surface area contributed by atoms with E-state index in [2.05, 4.69) is 16.3 Å². The quantitative estimate of drug-likeness (QED) is 0.793. The second-order valence-electron chi connectivity index (χ2n) is 4.50. The molecule has 0 amide bonds. The number of fused-ring (bicyclic) bond motifs is 3. The van der Waals surface area contributed by atoms with E-state index in [1.165, 1.54) is 5.69 Å². The van der Waals surface area contributed by atoms with Gasteiger partial charge >= 0.3 is 0 Å². The average Bonchev–Trinajstić information content (AvgIpc) is 2.58. The topological polar surface area (TPSA) is 33.7 Å². The number of nitrogens with zero attached hydrogens (tertiary/aromatic N) is 1. The molecule has 0 saturated carbocycles. The van der Waals surface area contributed by atoms with Crippen LogP contribution in [-0.2, 0) is 0 Å². The SMILES string of the molecule is COc1cccc2c1OCC[C@H]1CNCCN21. The number of rotatable bonds is 1. The predicted molar refractivity (Wildman–Crippen MR) is 67.1 cm³/mol. The Hall–Kier alpha value is -1.42. The number of benzene rings is 1. The molecule has 92 valence electrons. The Morgan fingerprint density at radius 3 is 3.29 bits per heavy atom. The summed E-state index contributed by atoms with van der Waals surface area (Å²) in [5, 5.41) is 3.44. The van der Waals surface area contributed by atoms with Crippen LogP contribution < -0.4 is 19.7 Å². The van der Waals surface area contributed by atoms with Crippen molar-refractivity contribution in [3.63, 3.8) is 0 Å². The first-order valence-electron chi connectivity index (χ1n) is 6.17. The molecule has 2 heterocycles. The molecule has 2 aliphatic heterocycles. The summed E-state index contributed by atoms with van der Waals surface area (Å²) in [4.78, 5) is 2.45. The van der Waals surface area contributed by atoms with Crippen molar-refractivity contribution in [2.45, 2.75) is 12.5 Å². The van der Waals surface area contributed by atoms with Crippen molar-refractivity contribution < 1.29 is 9.47 Å². The van der Waals surface area contributed by atoms with Crippen LogP contribution in [0.5, 0.6) is 11.5 Å². The zero-order valence-electron chi connectivity index (χ0n) is 10.1. The molecule has 1 aromatic rings. The van der Waals surface area contributed by atoms with Crippen LogP contribution in [0, 0.1) is 0 Å². The van der Waals surface area contributed by atoms with Crippen molar-refractivity contribution in [3.8, 4) is 11.5 Å².